The summed E-state index contributed by atoms with van der Waals surface area (Å²) in [5.74, 6) is 1.38. The maximum atomic E-state index is 12.7. The van der Waals surface area contributed by atoms with Crippen LogP contribution in [0.2, 0.25) is 0 Å². The van der Waals surface area contributed by atoms with Crippen LogP contribution in [0.1, 0.15) is 11.4 Å². The Morgan fingerprint density at radius 3 is 2.21 bits per heavy atom. The Hall–Kier alpha value is -2.79. The standard InChI is InChI=1S/C17H22N8O2S/c1-13-10-14(2)25(21-13)16-5-4-15(19-20-16)23-6-8-24(9-7-23)28(26,27)17-11-22(3)12-18-17/h4-5,10-12H,6-9H2,1-3H3. The third-order valence-electron chi connectivity index (χ3n) is 4.71. The number of nitrogens with zero attached hydrogens (tertiary/aromatic N) is 8. The number of piperazine rings is 1. The summed E-state index contributed by atoms with van der Waals surface area (Å²) in [7, 11) is -1.82. The molecular formula is C17H22N8O2S. The lowest BCUT2D eigenvalue weighted by molar-refractivity contribution is 0.382. The zero-order chi connectivity index (χ0) is 19.9. The highest BCUT2D eigenvalue weighted by Gasteiger charge is 2.30. The van der Waals surface area contributed by atoms with Gasteiger partial charge in [-0.2, -0.15) is 9.40 Å². The molecule has 1 aliphatic heterocycles. The van der Waals surface area contributed by atoms with Crippen molar-refractivity contribution in [2.75, 3.05) is 31.1 Å². The molecule has 4 rings (SSSR count). The van der Waals surface area contributed by atoms with E-state index >= 15 is 0 Å². The van der Waals surface area contributed by atoms with E-state index in [-0.39, 0.29) is 5.03 Å². The number of rotatable bonds is 4. The molecule has 11 heteroatoms. The average Bonchev–Trinajstić information content (AvgIpc) is 3.27. The van der Waals surface area contributed by atoms with Crippen LogP contribution in [-0.4, -0.2) is 68.4 Å². The van der Waals surface area contributed by atoms with Gasteiger partial charge in [0.2, 0.25) is 0 Å². The Bertz CT molecular complexity index is 1080. The molecule has 4 heterocycles. The lowest BCUT2D eigenvalue weighted by atomic mass is 10.3. The minimum atomic E-state index is -3.56. The third kappa shape index (κ3) is 3.38. The Morgan fingerprint density at radius 1 is 1.00 bits per heavy atom. The van der Waals surface area contributed by atoms with Crippen LogP contribution in [0.5, 0.6) is 0 Å². The number of aryl methyl sites for hydroxylation is 3. The van der Waals surface area contributed by atoms with Gasteiger partial charge in [-0.1, -0.05) is 0 Å². The Kier molecular flexibility index (Phi) is 4.63. The molecule has 0 atom stereocenters. The van der Waals surface area contributed by atoms with Crippen LogP contribution in [0.25, 0.3) is 5.82 Å². The first-order valence-electron chi connectivity index (χ1n) is 8.95. The highest BCUT2D eigenvalue weighted by Crippen LogP contribution is 2.19. The molecule has 0 N–H and O–H groups in total. The van der Waals surface area contributed by atoms with Crippen LogP contribution in [0.15, 0.2) is 35.7 Å². The quantitative estimate of drug-likeness (QED) is 0.627. The topological polar surface area (TPSA) is 102 Å². The smallest absolute Gasteiger partial charge is 0.262 e. The number of imidazole rings is 1. The fraction of sp³-hybridized carbons (Fsp3) is 0.412. The van der Waals surface area contributed by atoms with Gasteiger partial charge in [-0.05, 0) is 32.0 Å². The van der Waals surface area contributed by atoms with Crippen LogP contribution in [0.4, 0.5) is 5.82 Å². The first-order chi connectivity index (χ1) is 13.3. The molecule has 148 valence electrons. The summed E-state index contributed by atoms with van der Waals surface area (Å²) >= 11 is 0. The molecule has 3 aromatic rings. The van der Waals surface area contributed by atoms with Crippen molar-refractivity contribution in [3.05, 3.63) is 42.1 Å². The molecule has 1 fully saturated rings. The molecule has 10 nitrogen and oxygen atoms in total. The van der Waals surface area contributed by atoms with E-state index in [1.54, 1.807) is 16.3 Å². The molecule has 0 unspecified atom stereocenters. The molecule has 0 radical (unpaired) electrons. The normalized spacial score (nSPS) is 15.9. The molecule has 0 aliphatic carbocycles. The minimum Gasteiger partial charge on any atom is -0.352 e. The molecular weight excluding hydrogens is 380 g/mol. The molecule has 0 spiro atoms. The first kappa shape index (κ1) is 18.6. The van der Waals surface area contributed by atoms with Crippen molar-refractivity contribution >= 4 is 15.8 Å². The Balaban J connectivity index is 1.44. The lowest BCUT2D eigenvalue weighted by Gasteiger charge is -2.33. The molecule has 0 saturated carbocycles. The van der Waals surface area contributed by atoms with E-state index in [1.807, 2.05) is 36.9 Å². The second-order valence-corrected chi connectivity index (χ2v) is 8.74. The Labute approximate surface area is 163 Å². The van der Waals surface area contributed by atoms with Gasteiger partial charge < -0.3 is 9.47 Å². The maximum absolute atomic E-state index is 12.7. The number of sulfonamides is 1. The second-order valence-electron chi connectivity index (χ2n) is 6.86. The summed E-state index contributed by atoms with van der Waals surface area (Å²) in [6, 6.07) is 5.75. The van der Waals surface area contributed by atoms with Gasteiger partial charge in [-0.15, -0.1) is 10.2 Å². The number of hydrogen-bond donors (Lipinski definition) is 0. The number of hydrogen-bond acceptors (Lipinski definition) is 7. The summed E-state index contributed by atoms with van der Waals surface area (Å²) < 4.78 is 30.2. The van der Waals surface area contributed by atoms with E-state index in [4.69, 9.17) is 0 Å². The highest BCUT2D eigenvalue weighted by molar-refractivity contribution is 7.89. The van der Waals surface area contributed by atoms with Crippen LogP contribution in [0, 0.1) is 13.8 Å². The zero-order valence-corrected chi connectivity index (χ0v) is 16.8. The first-order valence-corrected chi connectivity index (χ1v) is 10.4. The van der Waals surface area contributed by atoms with Crippen molar-refractivity contribution in [2.24, 2.45) is 7.05 Å². The van der Waals surface area contributed by atoms with Gasteiger partial charge in [0, 0.05) is 45.1 Å². The fourth-order valence-electron chi connectivity index (χ4n) is 3.27. The van der Waals surface area contributed by atoms with Crippen molar-refractivity contribution in [1.82, 2.24) is 33.8 Å². The molecule has 0 bridgehead atoms. The molecule has 28 heavy (non-hydrogen) atoms. The number of aromatic nitrogens is 6. The predicted molar refractivity (Wildman–Crippen MR) is 103 cm³/mol. The van der Waals surface area contributed by atoms with E-state index < -0.39 is 10.0 Å². The summed E-state index contributed by atoms with van der Waals surface area (Å²) in [4.78, 5) is 6.01. The van der Waals surface area contributed by atoms with E-state index in [2.05, 4.69) is 20.3 Å². The van der Waals surface area contributed by atoms with Gasteiger partial charge in [0.05, 0.1) is 12.0 Å². The van der Waals surface area contributed by atoms with Gasteiger partial charge >= 0.3 is 0 Å². The van der Waals surface area contributed by atoms with Gasteiger partial charge in [0.25, 0.3) is 10.0 Å². The monoisotopic (exact) mass is 402 g/mol. The van der Waals surface area contributed by atoms with Crippen LogP contribution >= 0.6 is 0 Å². The second kappa shape index (κ2) is 6.99. The van der Waals surface area contributed by atoms with Crippen LogP contribution in [-0.2, 0) is 17.1 Å². The van der Waals surface area contributed by atoms with Crippen molar-refractivity contribution < 1.29 is 8.42 Å². The third-order valence-corrected chi connectivity index (χ3v) is 6.50. The Morgan fingerprint density at radius 2 is 1.68 bits per heavy atom. The molecule has 1 saturated heterocycles. The van der Waals surface area contributed by atoms with Crippen LogP contribution < -0.4 is 4.90 Å². The molecule has 0 amide bonds. The van der Waals surface area contributed by atoms with Gasteiger partial charge in [-0.25, -0.2) is 18.1 Å². The number of anilines is 1. The molecule has 1 aliphatic rings. The van der Waals surface area contributed by atoms with E-state index in [1.165, 1.54) is 16.8 Å². The van der Waals surface area contributed by atoms with E-state index in [0.29, 0.717) is 32.0 Å². The van der Waals surface area contributed by atoms with Crippen molar-refractivity contribution in [3.8, 4) is 5.82 Å². The minimum absolute atomic E-state index is 0.0810. The lowest BCUT2D eigenvalue weighted by Crippen LogP contribution is -2.49. The average molecular weight is 402 g/mol. The van der Waals surface area contributed by atoms with Crippen molar-refractivity contribution in [2.45, 2.75) is 18.9 Å². The molecule has 3 aromatic heterocycles. The predicted octanol–water partition coefficient (Wildman–Crippen LogP) is 0.524. The highest BCUT2D eigenvalue weighted by atomic mass is 32.2. The maximum Gasteiger partial charge on any atom is 0.262 e. The summed E-state index contributed by atoms with van der Waals surface area (Å²) in [6.45, 7) is 5.74. The largest absolute Gasteiger partial charge is 0.352 e. The van der Waals surface area contributed by atoms with Gasteiger partial charge in [-0.3, -0.25) is 0 Å². The van der Waals surface area contributed by atoms with Crippen LogP contribution in [0.3, 0.4) is 0 Å². The summed E-state index contributed by atoms with van der Waals surface area (Å²) in [5.41, 5.74) is 1.92. The van der Waals surface area contributed by atoms with Gasteiger partial charge in [0.15, 0.2) is 16.7 Å². The molecule has 0 aromatic carbocycles. The van der Waals surface area contributed by atoms with E-state index in [0.717, 1.165) is 17.2 Å². The zero-order valence-electron chi connectivity index (χ0n) is 16.0. The van der Waals surface area contributed by atoms with E-state index in [9.17, 15) is 8.42 Å². The summed E-state index contributed by atoms with van der Waals surface area (Å²) in [6.07, 6.45) is 3.01. The fourth-order valence-corrected chi connectivity index (χ4v) is 4.66. The SMILES string of the molecule is Cc1cc(C)n(-c2ccc(N3CCN(S(=O)(=O)c4cn(C)cn4)CC3)nn2)n1. The van der Waals surface area contributed by atoms with Crippen molar-refractivity contribution in [1.29, 1.82) is 0 Å². The van der Waals surface area contributed by atoms with Gasteiger partial charge in [0.1, 0.15) is 0 Å². The van der Waals surface area contributed by atoms with Crippen molar-refractivity contribution in [3.63, 3.8) is 0 Å². The summed E-state index contributed by atoms with van der Waals surface area (Å²) in [5, 5.41) is 13.1.